The van der Waals surface area contributed by atoms with E-state index in [2.05, 4.69) is 10.1 Å². The van der Waals surface area contributed by atoms with Crippen molar-refractivity contribution >= 4 is 5.97 Å². The Morgan fingerprint density at radius 3 is 2.95 bits per heavy atom. The molecule has 2 heterocycles. The number of aromatic nitrogens is 2. The molecule has 0 aliphatic rings. The van der Waals surface area contributed by atoms with Crippen molar-refractivity contribution in [1.82, 2.24) is 15.0 Å². The quantitative estimate of drug-likeness (QED) is 0.830. The number of likely N-dealkylation sites (N-methyl/N-ethyl adjacent to an activating group) is 1. The lowest BCUT2D eigenvalue weighted by molar-refractivity contribution is -0.143. The van der Waals surface area contributed by atoms with Gasteiger partial charge in [-0.2, -0.15) is 0 Å². The SMILES string of the molecule is CCOc1ncccc1[C@H](C(=O)O)N(C)Cc1ccon1. The first-order valence-corrected chi connectivity index (χ1v) is 6.53. The molecule has 2 aromatic heterocycles. The van der Waals surface area contributed by atoms with Gasteiger partial charge in [-0.25, -0.2) is 4.98 Å². The van der Waals surface area contributed by atoms with Gasteiger partial charge in [-0.05, 0) is 26.1 Å². The summed E-state index contributed by atoms with van der Waals surface area (Å²) in [6.07, 6.45) is 3.03. The van der Waals surface area contributed by atoms with Crippen LogP contribution >= 0.6 is 0 Å². The fourth-order valence-corrected chi connectivity index (χ4v) is 2.09. The fourth-order valence-electron chi connectivity index (χ4n) is 2.09. The molecule has 7 nitrogen and oxygen atoms in total. The Bertz CT molecular complexity index is 586. The standard InChI is InChI=1S/C14H17N3O4/c1-3-20-13-11(5-4-7-15-13)12(14(18)19)17(2)9-10-6-8-21-16-10/h4-8,12H,3,9H2,1-2H3,(H,18,19)/t12-/m1/s1. The smallest absolute Gasteiger partial charge is 0.325 e. The number of aliphatic carboxylic acids is 1. The number of hydrogen-bond donors (Lipinski definition) is 1. The highest BCUT2D eigenvalue weighted by Crippen LogP contribution is 2.28. The van der Waals surface area contributed by atoms with Crippen molar-refractivity contribution in [2.45, 2.75) is 19.5 Å². The van der Waals surface area contributed by atoms with Crippen LogP contribution in [0, 0.1) is 0 Å². The second-order valence-electron chi connectivity index (χ2n) is 4.48. The first-order chi connectivity index (χ1) is 10.1. The maximum Gasteiger partial charge on any atom is 0.325 e. The molecule has 0 spiro atoms. The average molecular weight is 291 g/mol. The van der Waals surface area contributed by atoms with Crippen LogP contribution in [0.4, 0.5) is 0 Å². The molecule has 0 saturated heterocycles. The average Bonchev–Trinajstić information content (AvgIpc) is 2.93. The summed E-state index contributed by atoms with van der Waals surface area (Å²) >= 11 is 0. The fraction of sp³-hybridized carbons (Fsp3) is 0.357. The Morgan fingerprint density at radius 1 is 1.52 bits per heavy atom. The Hall–Kier alpha value is -2.41. The number of ether oxygens (including phenoxy) is 1. The number of carboxylic acid groups (broad SMARTS) is 1. The summed E-state index contributed by atoms with van der Waals surface area (Å²) in [6.45, 7) is 2.59. The first kappa shape index (κ1) is 15.0. The molecule has 0 radical (unpaired) electrons. The molecule has 2 rings (SSSR count). The van der Waals surface area contributed by atoms with Gasteiger partial charge in [0.15, 0.2) is 0 Å². The van der Waals surface area contributed by atoms with Crippen molar-refractivity contribution in [3.05, 3.63) is 41.9 Å². The van der Waals surface area contributed by atoms with Gasteiger partial charge in [0.25, 0.3) is 0 Å². The van der Waals surface area contributed by atoms with Gasteiger partial charge in [-0.3, -0.25) is 9.69 Å². The lowest BCUT2D eigenvalue weighted by Crippen LogP contribution is -2.31. The van der Waals surface area contributed by atoms with E-state index in [1.807, 2.05) is 6.92 Å². The molecule has 0 aromatic carbocycles. The zero-order chi connectivity index (χ0) is 15.2. The number of nitrogens with zero attached hydrogens (tertiary/aromatic N) is 3. The third-order valence-electron chi connectivity index (χ3n) is 2.95. The monoisotopic (exact) mass is 291 g/mol. The van der Waals surface area contributed by atoms with Crippen LogP contribution in [0.5, 0.6) is 5.88 Å². The van der Waals surface area contributed by atoms with E-state index >= 15 is 0 Å². The molecular weight excluding hydrogens is 274 g/mol. The summed E-state index contributed by atoms with van der Waals surface area (Å²) in [5.74, 6) is -0.644. The minimum absolute atomic E-state index is 0.333. The van der Waals surface area contributed by atoms with Gasteiger partial charge in [0, 0.05) is 24.4 Å². The summed E-state index contributed by atoms with van der Waals surface area (Å²) in [5.41, 5.74) is 1.17. The zero-order valence-electron chi connectivity index (χ0n) is 11.9. The largest absolute Gasteiger partial charge is 0.480 e. The van der Waals surface area contributed by atoms with Gasteiger partial charge in [0.05, 0.1) is 12.3 Å². The topological polar surface area (TPSA) is 88.7 Å². The van der Waals surface area contributed by atoms with E-state index in [9.17, 15) is 9.90 Å². The molecule has 2 aromatic rings. The van der Waals surface area contributed by atoms with Gasteiger partial charge >= 0.3 is 5.97 Å². The van der Waals surface area contributed by atoms with E-state index in [1.54, 1.807) is 36.3 Å². The number of carboxylic acids is 1. The highest BCUT2D eigenvalue weighted by Gasteiger charge is 2.28. The molecule has 0 aliphatic heterocycles. The van der Waals surface area contributed by atoms with Crippen molar-refractivity contribution < 1.29 is 19.2 Å². The van der Waals surface area contributed by atoms with Crippen LogP contribution in [0.3, 0.4) is 0 Å². The minimum Gasteiger partial charge on any atom is -0.480 e. The van der Waals surface area contributed by atoms with Crippen LogP contribution in [0.2, 0.25) is 0 Å². The van der Waals surface area contributed by atoms with Crippen LogP contribution in [-0.2, 0) is 11.3 Å². The van der Waals surface area contributed by atoms with Gasteiger partial charge < -0.3 is 14.4 Å². The van der Waals surface area contributed by atoms with Crippen LogP contribution < -0.4 is 4.74 Å². The van der Waals surface area contributed by atoms with Gasteiger partial charge in [-0.1, -0.05) is 5.16 Å². The Balaban J connectivity index is 2.28. The Labute approximate surface area is 122 Å². The van der Waals surface area contributed by atoms with E-state index in [-0.39, 0.29) is 0 Å². The zero-order valence-corrected chi connectivity index (χ0v) is 11.9. The molecule has 0 amide bonds. The molecular formula is C14H17N3O4. The molecule has 112 valence electrons. The highest BCUT2D eigenvalue weighted by molar-refractivity contribution is 5.76. The van der Waals surface area contributed by atoms with Gasteiger partial charge in [0.2, 0.25) is 5.88 Å². The number of hydrogen-bond acceptors (Lipinski definition) is 6. The minimum atomic E-state index is -0.977. The number of carbonyl (C=O) groups is 1. The highest BCUT2D eigenvalue weighted by atomic mass is 16.5. The van der Waals surface area contributed by atoms with Crippen LogP contribution in [-0.4, -0.2) is 39.8 Å². The van der Waals surface area contributed by atoms with Crippen LogP contribution in [0.1, 0.15) is 24.2 Å². The third-order valence-corrected chi connectivity index (χ3v) is 2.95. The van der Waals surface area contributed by atoms with Gasteiger partial charge in [-0.15, -0.1) is 0 Å². The Kier molecular flexibility index (Phi) is 4.89. The second kappa shape index (κ2) is 6.85. The summed E-state index contributed by atoms with van der Waals surface area (Å²) in [4.78, 5) is 17.4. The van der Waals surface area contributed by atoms with Crippen molar-refractivity contribution in [3.8, 4) is 5.88 Å². The molecule has 1 atom stereocenters. The van der Waals surface area contributed by atoms with Crippen molar-refractivity contribution in [1.29, 1.82) is 0 Å². The van der Waals surface area contributed by atoms with Gasteiger partial charge in [0.1, 0.15) is 12.3 Å². The molecule has 0 fully saturated rings. The molecule has 0 saturated carbocycles. The van der Waals surface area contributed by atoms with E-state index in [0.29, 0.717) is 30.3 Å². The summed E-state index contributed by atoms with van der Waals surface area (Å²) < 4.78 is 10.2. The van der Waals surface area contributed by atoms with Crippen molar-refractivity contribution in [3.63, 3.8) is 0 Å². The van der Waals surface area contributed by atoms with E-state index in [4.69, 9.17) is 9.26 Å². The molecule has 0 bridgehead atoms. The van der Waals surface area contributed by atoms with E-state index < -0.39 is 12.0 Å². The predicted octanol–water partition coefficient (Wildman–Crippen LogP) is 1.73. The molecule has 21 heavy (non-hydrogen) atoms. The van der Waals surface area contributed by atoms with Crippen LogP contribution in [0.25, 0.3) is 0 Å². The molecule has 0 unspecified atom stereocenters. The van der Waals surface area contributed by atoms with Crippen molar-refractivity contribution in [2.75, 3.05) is 13.7 Å². The van der Waals surface area contributed by atoms with E-state index in [0.717, 1.165) is 0 Å². The number of pyridine rings is 1. The molecule has 1 N–H and O–H groups in total. The number of rotatable bonds is 7. The lowest BCUT2D eigenvalue weighted by Gasteiger charge is -2.25. The maximum atomic E-state index is 11.7. The normalized spacial score (nSPS) is 12.3. The van der Waals surface area contributed by atoms with Crippen molar-refractivity contribution in [2.24, 2.45) is 0 Å². The summed E-state index contributed by atoms with van der Waals surface area (Å²) in [5, 5.41) is 13.3. The van der Waals surface area contributed by atoms with E-state index in [1.165, 1.54) is 6.26 Å². The Morgan fingerprint density at radius 2 is 2.33 bits per heavy atom. The predicted molar refractivity (Wildman–Crippen MR) is 73.8 cm³/mol. The summed E-state index contributed by atoms with van der Waals surface area (Å²) in [6, 6.07) is 4.22. The summed E-state index contributed by atoms with van der Waals surface area (Å²) in [7, 11) is 1.70. The second-order valence-corrected chi connectivity index (χ2v) is 4.48. The van der Waals surface area contributed by atoms with Crippen LogP contribution in [0.15, 0.2) is 35.2 Å². The molecule has 7 heteroatoms. The molecule has 0 aliphatic carbocycles. The lowest BCUT2D eigenvalue weighted by atomic mass is 10.1. The maximum absolute atomic E-state index is 11.7. The first-order valence-electron chi connectivity index (χ1n) is 6.53. The third kappa shape index (κ3) is 3.57.